The van der Waals surface area contributed by atoms with Gasteiger partial charge in [-0.2, -0.15) is 0 Å². The fourth-order valence-electron chi connectivity index (χ4n) is 2.34. The smallest absolute Gasteiger partial charge is 0.410 e. The van der Waals surface area contributed by atoms with Gasteiger partial charge in [-0.15, -0.1) is 0 Å². The second-order valence-electron chi connectivity index (χ2n) is 5.64. The van der Waals surface area contributed by atoms with E-state index >= 15 is 0 Å². The number of ether oxygens (including phenoxy) is 1. The SMILES string of the molecule is CC(C)(C)OC(=O)N1CC2CC2C1C(N)=O. The minimum Gasteiger partial charge on any atom is -0.444 e. The predicted molar refractivity (Wildman–Crippen MR) is 57.5 cm³/mol. The van der Waals surface area contributed by atoms with Crippen LogP contribution in [0, 0.1) is 11.8 Å². The zero-order chi connectivity index (χ0) is 12.1. The van der Waals surface area contributed by atoms with Crippen molar-refractivity contribution in [2.45, 2.75) is 38.8 Å². The van der Waals surface area contributed by atoms with Crippen molar-refractivity contribution in [3.05, 3.63) is 0 Å². The molecule has 2 amide bonds. The van der Waals surface area contributed by atoms with Gasteiger partial charge in [0.25, 0.3) is 0 Å². The topological polar surface area (TPSA) is 72.6 Å². The van der Waals surface area contributed by atoms with E-state index in [1.165, 1.54) is 4.90 Å². The summed E-state index contributed by atoms with van der Waals surface area (Å²) in [5.41, 5.74) is 4.78. The predicted octanol–water partition coefficient (Wildman–Crippen LogP) is 0.727. The Hall–Kier alpha value is -1.26. The van der Waals surface area contributed by atoms with Crippen LogP contribution in [0.5, 0.6) is 0 Å². The third-order valence-corrected chi connectivity index (χ3v) is 3.07. The van der Waals surface area contributed by atoms with Gasteiger partial charge in [0, 0.05) is 6.54 Å². The molecule has 2 aliphatic rings. The maximum atomic E-state index is 11.8. The van der Waals surface area contributed by atoms with Crippen LogP contribution in [0.25, 0.3) is 0 Å². The molecule has 2 N–H and O–H groups in total. The average Bonchev–Trinajstić information content (AvgIpc) is 2.73. The molecule has 2 fully saturated rings. The van der Waals surface area contributed by atoms with E-state index in [9.17, 15) is 9.59 Å². The molecule has 16 heavy (non-hydrogen) atoms. The highest BCUT2D eigenvalue weighted by molar-refractivity contribution is 5.86. The van der Waals surface area contributed by atoms with Crippen molar-refractivity contribution in [3.8, 4) is 0 Å². The lowest BCUT2D eigenvalue weighted by Crippen LogP contribution is -2.48. The van der Waals surface area contributed by atoms with Gasteiger partial charge in [0.15, 0.2) is 0 Å². The van der Waals surface area contributed by atoms with Gasteiger partial charge >= 0.3 is 6.09 Å². The second kappa shape index (κ2) is 3.37. The first-order valence-electron chi connectivity index (χ1n) is 5.58. The number of rotatable bonds is 1. The number of carbonyl (C=O) groups excluding carboxylic acids is 2. The highest BCUT2D eigenvalue weighted by atomic mass is 16.6. The van der Waals surface area contributed by atoms with Crippen molar-refractivity contribution in [1.82, 2.24) is 4.90 Å². The first-order valence-corrected chi connectivity index (χ1v) is 5.58. The Morgan fingerprint density at radius 3 is 2.50 bits per heavy atom. The fourth-order valence-corrected chi connectivity index (χ4v) is 2.34. The molecule has 5 nitrogen and oxygen atoms in total. The molecule has 0 spiro atoms. The summed E-state index contributed by atoms with van der Waals surface area (Å²) in [6.07, 6.45) is 0.580. The number of nitrogens with two attached hydrogens (primary N) is 1. The van der Waals surface area contributed by atoms with Crippen LogP contribution in [0.4, 0.5) is 4.79 Å². The summed E-state index contributed by atoms with van der Waals surface area (Å²) in [4.78, 5) is 24.6. The quantitative estimate of drug-likeness (QED) is 0.716. The van der Waals surface area contributed by atoms with Crippen LogP contribution in [0.1, 0.15) is 27.2 Å². The Morgan fingerprint density at radius 1 is 1.38 bits per heavy atom. The lowest BCUT2D eigenvalue weighted by atomic mass is 10.2. The van der Waals surface area contributed by atoms with Crippen LogP contribution in [0.3, 0.4) is 0 Å². The summed E-state index contributed by atoms with van der Waals surface area (Å²) in [6, 6.07) is -0.458. The number of likely N-dealkylation sites (tertiary alicyclic amines) is 1. The van der Waals surface area contributed by atoms with Crippen LogP contribution in [0.15, 0.2) is 0 Å². The van der Waals surface area contributed by atoms with Crippen molar-refractivity contribution >= 4 is 12.0 Å². The van der Waals surface area contributed by atoms with E-state index in [1.807, 2.05) is 0 Å². The third kappa shape index (κ3) is 1.99. The van der Waals surface area contributed by atoms with E-state index < -0.39 is 23.6 Å². The van der Waals surface area contributed by atoms with E-state index in [-0.39, 0.29) is 5.92 Å². The van der Waals surface area contributed by atoms with E-state index in [2.05, 4.69) is 0 Å². The van der Waals surface area contributed by atoms with Crippen LogP contribution in [0.2, 0.25) is 0 Å². The van der Waals surface area contributed by atoms with Gasteiger partial charge in [-0.3, -0.25) is 9.69 Å². The van der Waals surface area contributed by atoms with Crippen molar-refractivity contribution in [2.24, 2.45) is 17.6 Å². The Morgan fingerprint density at radius 2 is 2.00 bits per heavy atom. The molecule has 3 atom stereocenters. The van der Waals surface area contributed by atoms with E-state index in [0.29, 0.717) is 12.5 Å². The van der Waals surface area contributed by atoms with Gasteiger partial charge in [-0.05, 0) is 39.0 Å². The highest BCUT2D eigenvalue weighted by Gasteiger charge is 2.57. The van der Waals surface area contributed by atoms with Crippen molar-refractivity contribution in [1.29, 1.82) is 0 Å². The number of amides is 2. The largest absolute Gasteiger partial charge is 0.444 e. The van der Waals surface area contributed by atoms with Crippen LogP contribution < -0.4 is 5.73 Å². The Labute approximate surface area is 94.9 Å². The normalized spacial score (nSPS) is 32.2. The molecule has 0 aromatic carbocycles. The average molecular weight is 226 g/mol. The molecule has 0 radical (unpaired) electrons. The van der Waals surface area contributed by atoms with E-state index in [1.54, 1.807) is 20.8 Å². The molecule has 0 aromatic rings. The molecule has 0 aromatic heterocycles. The zero-order valence-corrected chi connectivity index (χ0v) is 9.90. The fraction of sp³-hybridized carbons (Fsp3) is 0.818. The van der Waals surface area contributed by atoms with Crippen LogP contribution in [-0.2, 0) is 9.53 Å². The Balaban J connectivity index is 2.04. The molecule has 3 unspecified atom stereocenters. The first kappa shape index (κ1) is 11.2. The molecule has 1 aliphatic carbocycles. The molecular formula is C11H18N2O3. The van der Waals surface area contributed by atoms with Crippen molar-refractivity contribution < 1.29 is 14.3 Å². The minimum absolute atomic E-state index is 0.269. The monoisotopic (exact) mass is 226 g/mol. The van der Waals surface area contributed by atoms with Gasteiger partial charge in [0.2, 0.25) is 5.91 Å². The summed E-state index contributed by atoms with van der Waals surface area (Å²) in [7, 11) is 0. The van der Waals surface area contributed by atoms with Gasteiger partial charge in [0.05, 0.1) is 0 Å². The molecule has 2 rings (SSSR count). The standard InChI is InChI=1S/C11H18N2O3/c1-11(2,3)16-10(15)13-5-6-4-7(6)8(13)9(12)14/h6-8H,4-5H2,1-3H3,(H2,12,14). The Bertz CT molecular complexity index is 335. The van der Waals surface area contributed by atoms with Crippen molar-refractivity contribution in [2.75, 3.05) is 6.54 Å². The molecule has 1 saturated heterocycles. The molecule has 90 valence electrons. The molecule has 1 heterocycles. The number of nitrogens with zero attached hydrogens (tertiary/aromatic N) is 1. The number of hydrogen-bond donors (Lipinski definition) is 1. The number of fused-ring (bicyclic) bond motifs is 1. The van der Waals surface area contributed by atoms with E-state index in [0.717, 1.165) is 6.42 Å². The molecule has 1 saturated carbocycles. The summed E-state index contributed by atoms with van der Waals surface area (Å²) in [5.74, 6) is 0.297. The number of primary amides is 1. The summed E-state index contributed by atoms with van der Waals surface area (Å²) in [5, 5.41) is 0. The van der Waals surface area contributed by atoms with Gasteiger partial charge in [0.1, 0.15) is 11.6 Å². The minimum atomic E-state index is -0.536. The number of carbonyl (C=O) groups is 2. The first-order chi connectivity index (χ1) is 7.29. The number of piperidine rings is 1. The lowest BCUT2D eigenvalue weighted by molar-refractivity contribution is -0.123. The maximum absolute atomic E-state index is 11.8. The van der Waals surface area contributed by atoms with Gasteiger partial charge in [-0.1, -0.05) is 0 Å². The van der Waals surface area contributed by atoms with Crippen LogP contribution in [-0.4, -0.2) is 35.1 Å². The highest BCUT2D eigenvalue weighted by Crippen LogP contribution is 2.49. The van der Waals surface area contributed by atoms with Gasteiger partial charge < -0.3 is 10.5 Å². The van der Waals surface area contributed by atoms with E-state index in [4.69, 9.17) is 10.5 Å². The summed E-state index contributed by atoms with van der Waals surface area (Å²) >= 11 is 0. The van der Waals surface area contributed by atoms with Crippen molar-refractivity contribution in [3.63, 3.8) is 0 Å². The second-order valence-corrected chi connectivity index (χ2v) is 5.64. The molecule has 0 bridgehead atoms. The van der Waals surface area contributed by atoms with Gasteiger partial charge in [-0.25, -0.2) is 4.79 Å². The number of hydrogen-bond acceptors (Lipinski definition) is 3. The molecule has 1 aliphatic heterocycles. The maximum Gasteiger partial charge on any atom is 0.410 e. The Kier molecular flexibility index (Phi) is 2.36. The summed E-state index contributed by atoms with van der Waals surface area (Å²) in [6.45, 7) is 6.02. The zero-order valence-electron chi connectivity index (χ0n) is 9.90. The van der Waals surface area contributed by atoms with Crippen LogP contribution >= 0.6 is 0 Å². The third-order valence-electron chi connectivity index (χ3n) is 3.07. The molecular weight excluding hydrogens is 208 g/mol. The lowest BCUT2D eigenvalue weighted by Gasteiger charge is -2.28. The molecule has 5 heteroatoms. The summed E-state index contributed by atoms with van der Waals surface area (Å²) < 4.78 is 5.25.